The van der Waals surface area contributed by atoms with Gasteiger partial charge in [0.15, 0.2) is 17.3 Å². The zero-order chi connectivity index (χ0) is 21.7. The van der Waals surface area contributed by atoms with Gasteiger partial charge in [0, 0.05) is 25.2 Å². The Balaban J connectivity index is 2.53. The summed E-state index contributed by atoms with van der Waals surface area (Å²) in [6.45, 7) is 3.97. The van der Waals surface area contributed by atoms with Gasteiger partial charge in [-0.05, 0) is 47.9 Å². The summed E-state index contributed by atoms with van der Waals surface area (Å²) >= 11 is 0. The molecule has 2 N–H and O–H groups in total. The highest BCUT2D eigenvalue weighted by atomic mass is 16.5. The van der Waals surface area contributed by atoms with E-state index in [4.69, 9.17) is 19.9 Å². The Morgan fingerprint density at radius 2 is 1.59 bits per heavy atom. The average molecular weight is 399 g/mol. The number of anilines is 2. The monoisotopic (exact) mass is 398 g/mol. The van der Waals surface area contributed by atoms with Crippen LogP contribution in [0.3, 0.4) is 0 Å². The van der Waals surface area contributed by atoms with Crippen LogP contribution in [0.15, 0.2) is 35.9 Å². The molecule has 6 nitrogen and oxygen atoms in total. The number of ketones is 1. The fraction of sp³-hybridized carbons (Fsp3) is 0.348. The average Bonchev–Trinajstić information content (AvgIpc) is 2.69. The lowest BCUT2D eigenvalue weighted by Gasteiger charge is -2.17. The number of hydrogen-bond donors (Lipinski definition) is 1. The number of hydrogen-bond acceptors (Lipinski definition) is 6. The fourth-order valence-corrected chi connectivity index (χ4v) is 3.13. The molecule has 29 heavy (non-hydrogen) atoms. The molecule has 0 amide bonds. The van der Waals surface area contributed by atoms with Crippen LogP contribution in [0.1, 0.15) is 29.8 Å². The highest BCUT2D eigenvalue weighted by Gasteiger charge is 2.19. The van der Waals surface area contributed by atoms with Gasteiger partial charge in [0.25, 0.3) is 0 Å². The molecule has 0 aromatic heterocycles. The first-order valence-electron chi connectivity index (χ1n) is 9.36. The van der Waals surface area contributed by atoms with Crippen molar-refractivity contribution in [3.8, 4) is 17.2 Å². The van der Waals surface area contributed by atoms with Crippen LogP contribution in [0.25, 0.3) is 6.08 Å². The summed E-state index contributed by atoms with van der Waals surface area (Å²) in [5.41, 5.74) is 9.58. The molecule has 0 radical (unpaired) electrons. The van der Waals surface area contributed by atoms with Gasteiger partial charge < -0.3 is 24.8 Å². The van der Waals surface area contributed by atoms with E-state index in [0.29, 0.717) is 34.1 Å². The van der Waals surface area contributed by atoms with E-state index in [0.717, 1.165) is 11.3 Å². The van der Waals surface area contributed by atoms with E-state index >= 15 is 0 Å². The number of carbonyl (C=O) groups is 1. The van der Waals surface area contributed by atoms with Gasteiger partial charge in [-0.1, -0.05) is 13.8 Å². The number of carbonyl (C=O) groups excluding carboxylic acids is 1. The van der Waals surface area contributed by atoms with Crippen molar-refractivity contribution in [3.05, 3.63) is 47.0 Å². The zero-order valence-electron chi connectivity index (χ0n) is 18.2. The molecule has 0 spiro atoms. The molecule has 0 fully saturated rings. The summed E-state index contributed by atoms with van der Waals surface area (Å²) in [7, 11) is 8.51. The standard InChI is InChI=1S/C23H30N2O4/c1-14(2)17(22(26)16-8-9-19(25(3)4)18(24)13-16)10-15-11-20(27-5)23(29-7)21(12-15)28-6/h8-14H,24H2,1-7H3. The number of nitrogens with two attached hydrogens (primary N) is 1. The largest absolute Gasteiger partial charge is 0.493 e. The molecule has 0 bridgehead atoms. The number of nitrogens with zero attached hydrogens (tertiary/aromatic N) is 1. The molecule has 0 aliphatic heterocycles. The van der Waals surface area contributed by atoms with E-state index in [9.17, 15) is 4.79 Å². The van der Waals surface area contributed by atoms with Crippen LogP contribution in [0.4, 0.5) is 11.4 Å². The molecule has 2 aromatic carbocycles. The predicted molar refractivity (Wildman–Crippen MR) is 118 cm³/mol. The van der Waals surface area contributed by atoms with Crippen LogP contribution in [-0.2, 0) is 0 Å². The molecule has 0 aliphatic rings. The van der Waals surface area contributed by atoms with E-state index in [2.05, 4.69) is 0 Å². The van der Waals surface area contributed by atoms with Crippen molar-refractivity contribution in [2.75, 3.05) is 46.1 Å². The number of allylic oxidation sites excluding steroid dienone is 1. The Morgan fingerprint density at radius 3 is 2.00 bits per heavy atom. The Labute approximate surface area is 172 Å². The van der Waals surface area contributed by atoms with E-state index in [1.807, 2.05) is 57.1 Å². The van der Waals surface area contributed by atoms with Crippen molar-refractivity contribution < 1.29 is 19.0 Å². The van der Waals surface area contributed by atoms with Gasteiger partial charge in [-0.15, -0.1) is 0 Å². The van der Waals surface area contributed by atoms with Crippen molar-refractivity contribution in [2.45, 2.75) is 13.8 Å². The lowest BCUT2D eigenvalue weighted by Crippen LogP contribution is -2.13. The third kappa shape index (κ3) is 4.83. The van der Waals surface area contributed by atoms with E-state index < -0.39 is 0 Å². The quantitative estimate of drug-likeness (QED) is 0.406. The Bertz CT molecular complexity index is 892. The molecule has 0 saturated carbocycles. The van der Waals surface area contributed by atoms with Gasteiger partial charge in [-0.25, -0.2) is 0 Å². The van der Waals surface area contributed by atoms with Crippen molar-refractivity contribution in [1.29, 1.82) is 0 Å². The Kier molecular flexibility index (Phi) is 7.15. The van der Waals surface area contributed by atoms with Crippen molar-refractivity contribution in [2.24, 2.45) is 5.92 Å². The van der Waals surface area contributed by atoms with Gasteiger partial charge in [0.2, 0.25) is 5.75 Å². The number of benzene rings is 2. The number of Topliss-reactive ketones (excluding diaryl/α,β-unsaturated/α-hetero) is 1. The second kappa shape index (κ2) is 9.37. The maximum atomic E-state index is 13.2. The third-order valence-electron chi connectivity index (χ3n) is 4.66. The lowest BCUT2D eigenvalue weighted by molar-refractivity contribution is 0.102. The number of ether oxygens (including phenoxy) is 3. The summed E-state index contributed by atoms with van der Waals surface area (Å²) in [5, 5.41) is 0. The molecule has 0 atom stereocenters. The van der Waals surface area contributed by atoms with Gasteiger partial charge in [-0.2, -0.15) is 0 Å². The highest BCUT2D eigenvalue weighted by Crippen LogP contribution is 2.39. The van der Waals surface area contributed by atoms with Gasteiger partial charge >= 0.3 is 0 Å². The first kappa shape index (κ1) is 22.1. The van der Waals surface area contributed by atoms with E-state index in [-0.39, 0.29) is 11.7 Å². The van der Waals surface area contributed by atoms with Crippen molar-refractivity contribution in [3.63, 3.8) is 0 Å². The molecule has 0 aliphatic carbocycles. The third-order valence-corrected chi connectivity index (χ3v) is 4.66. The molecule has 156 valence electrons. The van der Waals surface area contributed by atoms with Crippen molar-refractivity contribution in [1.82, 2.24) is 0 Å². The van der Waals surface area contributed by atoms with Gasteiger partial charge in [-0.3, -0.25) is 4.79 Å². The van der Waals surface area contributed by atoms with E-state index in [1.54, 1.807) is 33.5 Å². The van der Waals surface area contributed by atoms with Crippen LogP contribution in [-0.4, -0.2) is 41.2 Å². The minimum atomic E-state index is -0.0641. The maximum absolute atomic E-state index is 13.2. The molecule has 0 saturated heterocycles. The second-order valence-corrected chi connectivity index (χ2v) is 7.21. The number of methoxy groups -OCH3 is 3. The minimum absolute atomic E-state index is 0.0105. The van der Waals surface area contributed by atoms with Gasteiger partial charge in [0.1, 0.15) is 0 Å². The van der Waals surface area contributed by atoms with Crippen LogP contribution in [0.5, 0.6) is 17.2 Å². The molecular formula is C23H30N2O4. The summed E-state index contributed by atoms with van der Waals surface area (Å²) in [6, 6.07) is 9.03. The molecular weight excluding hydrogens is 368 g/mol. The lowest BCUT2D eigenvalue weighted by atomic mass is 9.92. The van der Waals surface area contributed by atoms with Crippen LogP contribution < -0.4 is 24.8 Å². The first-order valence-corrected chi connectivity index (χ1v) is 9.36. The maximum Gasteiger partial charge on any atom is 0.203 e. The first-order chi connectivity index (χ1) is 13.7. The molecule has 0 unspecified atom stereocenters. The molecule has 6 heteroatoms. The second-order valence-electron chi connectivity index (χ2n) is 7.21. The SMILES string of the molecule is COc1cc(C=C(C(=O)c2ccc(N(C)C)c(N)c2)C(C)C)cc(OC)c1OC. The number of nitrogen functional groups attached to an aromatic ring is 1. The predicted octanol–water partition coefficient (Wildman–Crippen LogP) is 4.28. The number of rotatable bonds is 8. The van der Waals surface area contributed by atoms with Gasteiger partial charge in [0.05, 0.1) is 32.7 Å². The summed E-state index contributed by atoms with van der Waals surface area (Å²) in [5.74, 6) is 1.53. The Hall–Kier alpha value is -3.15. The summed E-state index contributed by atoms with van der Waals surface area (Å²) < 4.78 is 16.2. The normalized spacial score (nSPS) is 11.4. The Morgan fingerprint density at radius 1 is 1.00 bits per heavy atom. The topological polar surface area (TPSA) is 74.0 Å². The molecule has 0 heterocycles. The summed E-state index contributed by atoms with van der Waals surface area (Å²) in [4.78, 5) is 15.1. The van der Waals surface area contributed by atoms with Crippen molar-refractivity contribution >= 4 is 23.2 Å². The van der Waals surface area contributed by atoms with Crippen LogP contribution in [0.2, 0.25) is 0 Å². The zero-order valence-corrected chi connectivity index (χ0v) is 18.2. The molecule has 2 rings (SSSR count). The van der Waals surface area contributed by atoms with E-state index in [1.165, 1.54) is 0 Å². The fourth-order valence-electron chi connectivity index (χ4n) is 3.13. The van der Waals surface area contributed by atoms with Crippen LogP contribution >= 0.6 is 0 Å². The smallest absolute Gasteiger partial charge is 0.203 e. The molecule has 2 aromatic rings. The highest BCUT2D eigenvalue weighted by molar-refractivity contribution is 6.12. The minimum Gasteiger partial charge on any atom is -0.493 e. The van der Waals surface area contributed by atoms with Crippen LogP contribution in [0, 0.1) is 5.92 Å². The summed E-state index contributed by atoms with van der Waals surface area (Å²) in [6.07, 6.45) is 1.85.